The van der Waals surface area contributed by atoms with Crippen molar-refractivity contribution in [1.29, 1.82) is 0 Å². The smallest absolute Gasteiger partial charge is 0.360 e. The van der Waals surface area contributed by atoms with Crippen LogP contribution in [-0.2, 0) is 12.7 Å². The lowest BCUT2D eigenvalue weighted by molar-refractivity contribution is -0.384. The minimum atomic E-state index is -4.67. The molecule has 0 radical (unpaired) electrons. The molecule has 0 unspecified atom stereocenters. The van der Waals surface area contributed by atoms with Crippen LogP contribution in [0.15, 0.2) is 36.5 Å². The second-order valence-corrected chi connectivity index (χ2v) is 4.69. The highest BCUT2D eigenvalue weighted by Crippen LogP contribution is 2.33. The molecule has 0 saturated heterocycles. The fourth-order valence-electron chi connectivity index (χ4n) is 1.78. The summed E-state index contributed by atoms with van der Waals surface area (Å²) >= 11 is 0. The Kier molecular flexibility index (Phi) is 4.30. The van der Waals surface area contributed by atoms with Crippen LogP contribution < -0.4 is 5.32 Å². The van der Waals surface area contributed by atoms with E-state index in [1.54, 1.807) is 0 Å². The van der Waals surface area contributed by atoms with Crippen molar-refractivity contribution in [3.63, 3.8) is 0 Å². The van der Waals surface area contributed by atoms with E-state index in [2.05, 4.69) is 10.3 Å². The van der Waals surface area contributed by atoms with E-state index in [9.17, 15) is 23.3 Å². The largest absolute Gasteiger partial charge is 0.418 e. The number of aryl methyl sites for hydroxylation is 1. The molecule has 1 N–H and O–H groups in total. The highest BCUT2D eigenvalue weighted by molar-refractivity contribution is 5.57. The van der Waals surface area contributed by atoms with Gasteiger partial charge in [-0.1, -0.05) is 29.8 Å². The van der Waals surface area contributed by atoms with Gasteiger partial charge in [0.15, 0.2) is 0 Å². The van der Waals surface area contributed by atoms with Crippen LogP contribution >= 0.6 is 0 Å². The van der Waals surface area contributed by atoms with Crippen LogP contribution in [0.4, 0.5) is 24.7 Å². The van der Waals surface area contributed by atoms with Crippen LogP contribution in [0, 0.1) is 17.0 Å². The van der Waals surface area contributed by atoms with Crippen LogP contribution in [0.3, 0.4) is 0 Å². The molecule has 0 aliphatic carbocycles. The third-order valence-electron chi connectivity index (χ3n) is 2.97. The number of pyridine rings is 1. The van der Waals surface area contributed by atoms with Gasteiger partial charge in [-0.25, -0.2) is 4.98 Å². The zero-order valence-corrected chi connectivity index (χ0v) is 11.5. The van der Waals surface area contributed by atoms with Crippen molar-refractivity contribution < 1.29 is 18.1 Å². The maximum atomic E-state index is 12.6. The summed E-state index contributed by atoms with van der Waals surface area (Å²) in [4.78, 5) is 13.6. The van der Waals surface area contributed by atoms with Gasteiger partial charge in [-0.2, -0.15) is 13.2 Å². The van der Waals surface area contributed by atoms with Gasteiger partial charge < -0.3 is 5.32 Å². The van der Waals surface area contributed by atoms with Gasteiger partial charge in [-0.3, -0.25) is 10.1 Å². The molecule has 1 aromatic carbocycles. The van der Waals surface area contributed by atoms with E-state index >= 15 is 0 Å². The molecule has 2 aromatic rings. The van der Waals surface area contributed by atoms with E-state index in [1.165, 1.54) is 0 Å². The minimum absolute atomic E-state index is 0.196. The summed E-state index contributed by atoms with van der Waals surface area (Å²) in [6.45, 7) is 2.14. The summed E-state index contributed by atoms with van der Waals surface area (Å²) in [5, 5.41) is 13.6. The number of nitro groups is 1. The molecule has 1 aromatic heterocycles. The molecule has 1 heterocycles. The Morgan fingerprint density at radius 3 is 2.45 bits per heavy atom. The first-order valence-corrected chi connectivity index (χ1v) is 6.28. The summed E-state index contributed by atoms with van der Waals surface area (Å²) < 4.78 is 37.7. The molecule has 0 aliphatic heterocycles. The normalized spacial score (nSPS) is 11.3. The van der Waals surface area contributed by atoms with E-state index in [-0.39, 0.29) is 12.4 Å². The first kappa shape index (κ1) is 15.7. The molecule has 22 heavy (non-hydrogen) atoms. The molecule has 116 valence electrons. The molecule has 0 bridgehead atoms. The molecule has 2 rings (SSSR count). The summed E-state index contributed by atoms with van der Waals surface area (Å²) in [6.07, 6.45) is -4.10. The number of rotatable bonds is 4. The zero-order valence-electron chi connectivity index (χ0n) is 11.5. The fourth-order valence-corrected chi connectivity index (χ4v) is 1.78. The summed E-state index contributed by atoms with van der Waals surface area (Å²) in [7, 11) is 0. The number of nitrogens with zero attached hydrogens (tertiary/aromatic N) is 2. The highest BCUT2D eigenvalue weighted by Gasteiger charge is 2.33. The van der Waals surface area contributed by atoms with Crippen LogP contribution in [0.2, 0.25) is 0 Å². The first-order valence-electron chi connectivity index (χ1n) is 6.28. The van der Waals surface area contributed by atoms with Crippen molar-refractivity contribution in [3.8, 4) is 0 Å². The number of nitrogens with one attached hydrogen (secondary N) is 1. The van der Waals surface area contributed by atoms with Gasteiger partial charge in [0, 0.05) is 18.8 Å². The van der Waals surface area contributed by atoms with Crippen LogP contribution in [0.5, 0.6) is 0 Å². The molecule has 0 spiro atoms. The average molecular weight is 311 g/mol. The molecule has 0 saturated carbocycles. The Labute approximate surface area is 124 Å². The van der Waals surface area contributed by atoms with Crippen LogP contribution in [0.25, 0.3) is 0 Å². The lowest BCUT2D eigenvalue weighted by Crippen LogP contribution is -2.10. The Hall–Kier alpha value is -2.64. The molecule has 0 aliphatic rings. The van der Waals surface area contributed by atoms with Gasteiger partial charge in [-0.15, -0.1) is 0 Å². The van der Waals surface area contributed by atoms with E-state index < -0.39 is 22.4 Å². The van der Waals surface area contributed by atoms with Gasteiger partial charge in [0.25, 0.3) is 0 Å². The van der Waals surface area contributed by atoms with E-state index in [0.29, 0.717) is 12.3 Å². The van der Waals surface area contributed by atoms with Crippen molar-refractivity contribution in [1.82, 2.24) is 4.98 Å². The third-order valence-corrected chi connectivity index (χ3v) is 2.97. The maximum Gasteiger partial charge on any atom is 0.418 e. The molecule has 0 amide bonds. The predicted molar refractivity (Wildman–Crippen MR) is 74.4 cm³/mol. The maximum absolute atomic E-state index is 12.6. The quantitative estimate of drug-likeness (QED) is 0.686. The van der Waals surface area contributed by atoms with Gasteiger partial charge in [0.05, 0.1) is 10.5 Å². The van der Waals surface area contributed by atoms with Crippen molar-refractivity contribution in [2.75, 3.05) is 5.32 Å². The van der Waals surface area contributed by atoms with Gasteiger partial charge in [-0.05, 0) is 12.5 Å². The number of hydrogen-bond acceptors (Lipinski definition) is 4. The van der Waals surface area contributed by atoms with Gasteiger partial charge >= 0.3 is 11.9 Å². The average Bonchev–Trinajstić information content (AvgIpc) is 2.45. The standard InChI is InChI=1S/C14H12F3N3O2/c1-9-2-4-10(5-3-9)7-18-13-12(20(21)22)6-11(8-19-13)14(15,16)17/h2-6,8H,7H2,1H3,(H,18,19). The van der Waals surface area contributed by atoms with Crippen molar-refractivity contribution in [3.05, 3.63) is 63.3 Å². The fraction of sp³-hybridized carbons (Fsp3) is 0.214. The lowest BCUT2D eigenvalue weighted by Gasteiger charge is -2.09. The summed E-state index contributed by atoms with van der Waals surface area (Å²) in [5.74, 6) is -0.196. The molecule has 0 fully saturated rings. The van der Waals surface area contributed by atoms with Gasteiger partial charge in [0.1, 0.15) is 0 Å². The predicted octanol–water partition coefficient (Wildman–Crippen LogP) is 3.93. The minimum Gasteiger partial charge on any atom is -0.360 e. The van der Waals surface area contributed by atoms with Crippen molar-refractivity contribution >= 4 is 11.5 Å². The van der Waals surface area contributed by atoms with Crippen molar-refractivity contribution in [2.24, 2.45) is 0 Å². The second kappa shape index (κ2) is 6.00. The molecule has 0 atom stereocenters. The van der Waals surface area contributed by atoms with E-state index in [0.717, 1.165) is 11.1 Å². The number of anilines is 1. The van der Waals surface area contributed by atoms with Crippen LogP contribution in [-0.4, -0.2) is 9.91 Å². The van der Waals surface area contributed by atoms with E-state index in [1.807, 2.05) is 31.2 Å². The Morgan fingerprint density at radius 1 is 1.27 bits per heavy atom. The SMILES string of the molecule is Cc1ccc(CNc2ncc(C(F)(F)F)cc2[N+](=O)[O-])cc1. The zero-order chi connectivity index (χ0) is 16.3. The summed E-state index contributed by atoms with van der Waals surface area (Å²) in [5.41, 5.74) is 0.0333. The first-order chi connectivity index (χ1) is 10.3. The number of aromatic nitrogens is 1. The number of hydrogen-bond donors (Lipinski definition) is 1. The van der Waals surface area contributed by atoms with Crippen molar-refractivity contribution in [2.45, 2.75) is 19.6 Å². The number of halogens is 3. The Morgan fingerprint density at radius 2 is 1.91 bits per heavy atom. The summed E-state index contributed by atoms with van der Waals surface area (Å²) in [6, 6.07) is 7.85. The Balaban J connectivity index is 2.23. The second-order valence-electron chi connectivity index (χ2n) is 4.69. The molecule has 5 nitrogen and oxygen atoms in total. The number of benzene rings is 1. The van der Waals surface area contributed by atoms with E-state index in [4.69, 9.17) is 0 Å². The Bertz CT molecular complexity index is 685. The topological polar surface area (TPSA) is 68.1 Å². The molecule has 8 heteroatoms. The van der Waals surface area contributed by atoms with Crippen LogP contribution in [0.1, 0.15) is 16.7 Å². The molecular weight excluding hydrogens is 299 g/mol. The monoisotopic (exact) mass is 311 g/mol. The third kappa shape index (κ3) is 3.72. The highest BCUT2D eigenvalue weighted by atomic mass is 19.4. The lowest BCUT2D eigenvalue weighted by atomic mass is 10.1. The number of alkyl halides is 3. The molecular formula is C14H12F3N3O2. The van der Waals surface area contributed by atoms with Gasteiger partial charge in [0.2, 0.25) is 5.82 Å².